The van der Waals surface area contributed by atoms with Crippen LogP contribution in [0.25, 0.3) is 0 Å². The summed E-state index contributed by atoms with van der Waals surface area (Å²) in [6, 6.07) is 4.34. The maximum atomic E-state index is 11.8. The van der Waals surface area contributed by atoms with E-state index >= 15 is 0 Å². The standard InChI is InChI=1S/C15H22N2O3/c1-4-5-6-13(14(18)19)17-15(20)16-12-8-7-10(2)9-11(12)3/h7-9,13H,4-6H2,1-3H3,(H,18,19)(H2,16,17,20)/t13-/m0/s1. The second-order valence-corrected chi connectivity index (χ2v) is 4.95. The number of rotatable bonds is 6. The average molecular weight is 278 g/mol. The van der Waals surface area contributed by atoms with E-state index in [1.165, 1.54) is 0 Å². The summed E-state index contributed by atoms with van der Waals surface area (Å²) < 4.78 is 0. The van der Waals surface area contributed by atoms with E-state index in [1.54, 1.807) is 0 Å². The van der Waals surface area contributed by atoms with Gasteiger partial charge in [0.15, 0.2) is 0 Å². The fourth-order valence-corrected chi connectivity index (χ4v) is 1.94. The van der Waals surface area contributed by atoms with Crippen molar-refractivity contribution in [2.24, 2.45) is 0 Å². The quantitative estimate of drug-likeness (QED) is 0.748. The molecule has 0 aliphatic carbocycles. The molecule has 0 fully saturated rings. The number of unbranched alkanes of at least 4 members (excludes halogenated alkanes) is 1. The van der Waals surface area contributed by atoms with Gasteiger partial charge in [0.1, 0.15) is 6.04 Å². The van der Waals surface area contributed by atoms with Gasteiger partial charge in [-0.2, -0.15) is 0 Å². The monoisotopic (exact) mass is 278 g/mol. The van der Waals surface area contributed by atoms with Crippen molar-refractivity contribution in [2.75, 3.05) is 5.32 Å². The third kappa shape index (κ3) is 4.91. The Hall–Kier alpha value is -2.04. The largest absolute Gasteiger partial charge is 0.480 e. The highest BCUT2D eigenvalue weighted by Gasteiger charge is 2.19. The lowest BCUT2D eigenvalue weighted by Crippen LogP contribution is -2.43. The number of urea groups is 1. The molecule has 1 aromatic carbocycles. The number of aliphatic carboxylic acids is 1. The number of carbonyl (C=O) groups excluding carboxylic acids is 1. The zero-order valence-electron chi connectivity index (χ0n) is 12.2. The van der Waals surface area contributed by atoms with Crippen LogP contribution in [-0.4, -0.2) is 23.1 Å². The molecule has 0 unspecified atom stereocenters. The first-order chi connectivity index (χ1) is 9.43. The minimum absolute atomic E-state index is 0.437. The van der Waals surface area contributed by atoms with Crippen LogP contribution in [0, 0.1) is 13.8 Å². The lowest BCUT2D eigenvalue weighted by Gasteiger charge is -2.15. The Bertz CT molecular complexity index is 486. The first-order valence-corrected chi connectivity index (χ1v) is 6.81. The molecule has 1 atom stereocenters. The van der Waals surface area contributed by atoms with Gasteiger partial charge in [0.2, 0.25) is 0 Å². The molecule has 110 valence electrons. The highest BCUT2D eigenvalue weighted by Crippen LogP contribution is 2.15. The molecule has 0 aromatic heterocycles. The maximum Gasteiger partial charge on any atom is 0.326 e. The van der Waals surface area contributed by atoms with Crippen LogP contribution in [0.3, 0.4) is 0 Å². The average Bonchev–Trinajstić information content (AvgIpc) is 2.37. The van der Waals surface area contributed by atoms with Gasteiger partial charge in [-0.3, -0.25) is 0 Å². The predicted molar refractivity (Wildman–Crippen MR) is 79.0 cm³/mol. The number of benzene rings is 1. The molecule has 2 amide bonds. The van der Waals surface area contributed by atoms with Crippen LogP contribution in [0.4, 0.5) is 10.5 Å². The smallest absolute Gasteiger partial charge is 0.326 e. The highest BCUT2D eigenvalue weighted by atomic mass is 16.4. The van der Waals surface area contributed by atoms with E-state index in [-0.39, 0.29) is 0 Å². The number of carboxylic acids is 1. The number of carbonyl (C=O) groups is 2. The van der Waals surface area contributed by atoms with E-state index in [0.717, 1.165) is 24.0 Å². The number of hydrogen-bond acceptors (Lipinski definition) is 2. The Morgan fingerprint density at radius 3 is 2.55 bits per heavy atom. The maximum absolute atomic E-state index is 11.8. The summed E-state index contributed by atoms with van der Waals surface area (Å²) in [6.07, 6.45) is 2.09. The van der Waals surface area contributed by atoms with Crippen LogP contribution in [0.15, 0.2) is 18.2 Å². The van der Waals surface area contributed by atoms with Crippen molar-refractivity contribution in [1.29, 1.82) is 0 Å². The molecule has 0 saturated heterocycles. The number of nitrogens with one attached hydrogen (secondary N) is 2. The molecular formula is C15H22N2O3. The van der Waals surface area contributed by atoms with Gasteiger partial charge < -0.3 is 15.7 Å². The molecule has 0 aliphatic heterocycles. The van der Waals surface area contributed by atoms with E-state index in [2.05, 4.69) is 10.6 Å². The SMILES string of the molecule is CCCC[C@H](NC(=O)Nc1ccc(C)cc1C)C(=O)O. The number of carboxylic acid groups (broad SMARTS) is 1. The van der Waals surface area contributed by atoms with E-state index in [1.807, 2.05) is 39.0 Å². The number of aryl methyl sites for hydroxylation is 2. The summed E-state index contributed by atoms with van der Waals surface area (Å²) >= 11 is 0. The number of hydrogen-bond donors (Lipinski definition) is 3. The lowest BCUT2D eigenvalue weighted by atomic mass is 10.1. The zero-order chi connectivity index (χ0) is 15.1. The zero-order valence-corrected chi connectivity index (χ0v) is 12.2. The second kappa shape index (κ2) is 7.53. The predicted octanol–water partition coefficient (Wildman–Crippen LogP) is 3.07. The van der Waals surface area contributed by atoms with Crippen molar-refractivity contribution >= 4 is 17.7 Å². The van der Waals surface area contributed by atoms with Gasteiger partial charge in [0.05, 0.1) is 0 Å². The summed E-state index contributed by atoms with van der Waals surface area (Å²) in [5.41, 5.74) is 2.74. The fraction of sp³-hybridized carbons (Fsp3) is 0.467. The molecule has 20 heavy (non-hydrogen) atoms. The van der Waals surface area contributed by atoms with Gasteiger partial charge in [-0.05, 0) is 31.9 Å². The van der Waals surface area contributed by atoms with Crippen LogP contribution in [0.2, 0.25) is 0 Å². The van der Waals surface area contributed by atoms with Gasteiger partial charge in [-0.15, -0.1) is 0 Å². The first-order valence-electron chi connectivity index (χ1n) is 6.81. The normalized spacial score (nSPS) is 11.8. The van der Waals surface area contributed by atoms with Gasteiger partial charge in [-0.25, -0.2) is 9.59 Å². The molecule has 0 spiro atoms. The Labute approximate surface area is 119 Å². The van der Waals surface area contributed by atoms with E-state index in [0.29, 0.717) is 12.1 Å². The minimum atomic E-state index is -1.01. The Kier molecular flexibility index (Phi) is 6.03. The molecule has 0 saturated carbocycles. The molecule has 1 aromatic rings. The van der Waals surface area contributed by atoms with Gasteiger partial charge in [-0.1, -0.05) is 37.5 Å². The van der Waals surface area contributed by atoms with Crippen LogP contribution in [-0.2, 0) is 4.79 Å². The highest BCUT2D eigenvalue weighted by molar-refractivity contribution is 5.92. The molecule has 5 nitrogen and oxygen atoms in total. The van der Waals surface area contributed by atoms with Crippen molar-refractivity contribution in [3.05, 3.63) is 29.3 Å². The van der Waals surface area contributed by atoms with Crippen molar-refractivity contribution in [3.63, 3.8) is 0 Å². The molecule has 0 bridgehead atoms. The summed E-state index contributed by atoms with van der Waals surface area (Å²) in [5, 5.41) is 14.2. The number of amides is 2. The Balaban J connectivity index is 2.63. The molecule has 0 heterocycles. The molecule has 5 heteroatoms. The van der Waals surface area contributed by atoms with Crippen molar-refractivity contribution in [1.82, 2.24) is 5.32 Å². The molecular weight excluding hydrogens is 256 g/mol. The lowest BCUT2D eigenvalue weighted by molar-refractivity contribution is -0.139. The summed E-state index contributed by atoms with van der Waals surface area (Å²) in [7, 11) is 0. The molecule has 3 N–H and O–H groups in total. The van der Waals surface area contributed by atoms with E-state index in [4.69, 9.17) is 5.11 Å². The third-order valence-corrected chi connectivity index (χ3v) is 3.08. The van der Waals surface area contributed by atoms with Gasteiger partial charge >= 0.3 is 12.0 Å². The Morgan fingerprint density at radius 1 is 1.30 bits per heavy atom. The Morgan fingerprint density at radius 2 is 2.00 bits per heavy atom. The summed E-state index contributed by atoms with van der Waals surface area (Å²) in [4.78, 5) is 22.9. The topological polar surface area (TPSA) is 78.4 Å². The fourth-order valence-electron chi connectivity index (χ4n) is 1.94. The number of anilines is 1. The van der Waals surface area contributed by atoms with Crippen LogP contribution < -0.4 is 10.6 Å². The van der Waals surface area contributed by atoms with E-state index in [9.17, 15) is 9.59 Å². The summed E-state index contributed by atoms with van der Waals surface area (Å²) in [6.45, 7) is 5.85. The molecule has 1 rings (SSSR count). The van der Waals surface area contributed by atoms with Crippen LogP contribution in [0.5, 0.6) is 0 Å². The molecule has 0 radical (unpaired) electrons. The van der Waals surface area contributed by atoms with Gasteiger partial charge in [0, 0.05) is 5.69 Å². The van der Waals surface area contributed by atoms with Gasteiger partial charge in [0.25, 0.3) is 0 Å². The van der Waals surface area contributed by atoms with Crippen LogP contribution in [0.1, 0.15) is 37.3 Å². The van der Waals surface area contributed by atoms with Crippen molar-refractivity contribution < 1.29 is 14.7 Å². The first kappa shape index (κ1) is 16.0. The van der Waals surface area contributed by atoms with Crippen LogP contribution >= 0.6 is 0 Å². The second-order valence-electron chi connectivity index (χ2n) is 4.95. The van der Waals surface area contributed by atoms with E-state index < -0.39 is 18.0 Å². The third-order valence-electron chi connectivity index (χ3n) is 3.08. The minimum Gasteiger partial charge on any atom is -0.480 e. The summed E-state index contributed by atoms with van der Waals surface area (Å²) in [5.74, 6) is -1.01. The van der Waals surface area contributed by atoms with Crippen molar-refractivity contribution in [3.8, 4) is 0 Å². The molecule has 0 aliphatic rings. The van der Waals surface area contributed by atoms with Crippen molar-refractivity contribution in [2.45, 2.75) is 46.1 Å².